The van der Waals surface area contributed by atoms with Crippen LogP contribution in [0.5, 0.6) is 0 Å². The Labute approximate surface area is 144 Å². The van der Waals surface area contributed by atoms with Crippen LogP contribution in [-0.4, -0.2) is 24.7 Å². The highest BCUT2D eigenvalue weighted by Crippen LogP contribution is 2.34. The van der Waals surface area contributed by atoms with E-state index in [1.54, 1.807) is 0 Å². The van der Waals surface area contributed by atoms with Gasteiger partial charge in [0.1, 0.15) is 0 Å². The number of nitrogens with one attached hydrogen (secondary N) is 2. The van der Waals surface area contributed by atoms with Gasteiger partial charge in [0.05, 0.1) is 0 Å². The van der Waals surface area contributed by atoms with E-state index in [1.807, 2.05) is 24.9 Å². The van der Waals surface area contributed by atoms with Gasteiger partial charge in [0.25, 0.3) is 0 Å². The molecule has 22 heavy (non-hydrogen) atoms. The Morgan fingerprint density at radius 1 is 1.27 bits per heavy atom. The molecule has 0 atom stereocenters. The minimum atomic E-state index is 0. The zero-order valence-electron chi connectivity index (χ0n) is 13.5. The van der Waals surface area contributed by atoms with E-state index in [9.17, 15) is 4.79 Å². The van der Waals surface area contributed by atoms with Crippen molar-refractivity contribution in [3.8, 4) is 0 Å². The molecule has 1 saturated carbocycles. The molecule has 0 heterocycles. The molecular formula is C17H27ClN2OS. The second-order valence-electron chi connectivity index (χ2n) is 5.76. The van der Waals surface area contributed by atoms with E-state index in [-0.39, 0.29) is 18.3 Å². The highest BCUT2D eigenvalue weighted by Gasteiger charge is 2.15. The lowest BCUT2D eigenvalue weighted by Gasteiger charge is -2.21. The predicted octanol–water partition coefficient (Wildman–Crippen LogP) is 4.39. The van der Waals surface area contributed by atoms with E-state index in [2.05, 4.69) is 29.7 Å². The molecule has 1 aromatic carbocycles. The van der Waals surface area contributed by atoms with Crippen LogP contribution >= 0.6 is 24.2 Å². The fourth-order valence-corrected chi connectivity index (χ4v) is 4.02. The zero-order valence-corrected chi connectivity index (χ0v) is 15.1. The van der Waals surface area contributed by atoms with E-state index < -0.39 is 0 Å². The molecule has 3 nitrogen and oxygen atoms in total. The Hall–Kier alpha value is -0.710. The number of halogens is 1. The maximum atomic E-state index is 11.8. The molecule has 124 valence electrons. The van der Waals surface area contributed by atoms with Gasteiger partial charge >= 0.3 is 0 Å². The summed E-state index contributed by atoms with van der Waals surface area (Å²) in [5.41, 5.74) is 2.08. The number of hydrogen-bond donors (Lipinski definition) is 2. The van der Waals surface area contributed by atoms with Crippen molar-refractivity contribution in [2.75, 3.05) is 18.9 Å². The standard InChI is InChI=1S/C17H26N2OS.ClH/c1-13-12-15(21-14-6-4-3-5-7-14)8-9-16(13)19-17(20)10-11-18-2;/h8-9,12,14,18H,3-7,10-11H2,1-2H3,(H,19,20);1H. The molecule has 0 bridgehead atoms. The molecular weight excluding hydrogens is 316 g/mol. The minimum Gasteiger partial charge on any atom is -0.326 e. The number of hydrogen-bond acceptors (Lipinski definition) is 3. The number of thioether (sulfide) groups is 1. The van der Waals surface area contributed by atoms with E-state index in [0.29, 0.717) is 13.0 Å². The van der Waals surface area contributed by atoms with E-state index >= 15 is 0 Å². The third-order valence-electron chi connectivity index (χ3n) is 3.93. The molecule has 1 amide bonds. The van der Waals surface area contributed by atoms with Crippen LogP contribution in [0.4, 0.5) is 5.69 Å². The summed E-state index contributed by atoms with van der Waals surface area (Å²) in [6.07, 6.45) is 7.33. The lowest BCUT2D eigenvalue weighted by Crippen LogP contribution is -2.19. The van der Waals surface area contributed by atoms with Crippen LogP contribution in [0, 0.1) is 6.92 Å². The largest absolute Gasteiger partial charge is 0.326 e. The Morgan fingerprint density at radius 3 is 2.64 bits per heavy atom. The van der Waals surface area contributed by atoms with Crippen molar-refractivity contribution < 1.29 is 4.79 Å². The molecule has 1 aromatic rings. The van der Waals surface area contributed by atoms with Gasteiger partial charge in [-0.25, -0.2) is 0 Å². The van der Waals surface area contributed by atoms with Crippen LogP contribution in [0.25, 0.3) is 0 Å². The molecule has 0 saturated heterocycles. The number of carbonyl (C=O) groups is 1. The monoisotopic (exact) mass is 342 g/mol. The lowest BCUT2D eigenvalue weighted by atomic mass is 10.0. The van der Waals surface area contributed by atoms with Gasteiger partial charge in [0.2, 0.25) is 5.91 Å². The molecule has 2 N–H and O–H groups in total. The van der Waals surface area contributed by atoms with Gasteiger partial charge in [0.15, 0.2) is 0 Å². The Balaban J connectivity index is 0.00000242. The van der Waals surface area contributed by atoms with Gasteiger partial charge in [-0.3, -0.25) is 4.79 Å². The van der Waals surface area contributed by atoms with Gasteiger partial charge in [-0.15, -0.1) is 24.2 Å². The molecule has 5 heteroatoms. The van der Waals surface area contributed by atoms with Crippen molar-refractivity contribution in [3.63, 3.8) is 0 Å². The summed E-state index contributed by atoms with van der Waals surface area (Å²) in [7, 11) is 1.86. The molecule has 1 fully saturated rings. The number of carbonyl (C=O) groups excluding carboxylic acids is 1. The number of rotatable bonds is 6. The fourth-order valence-electron chi connectivity index (χ4n) is 2.68. The highest BCUT2D eigenvalue weighted by molar-refractivity contribution is 8.00. The van der Waals surface area contributed by atoms with Crippen molar-refractivity contribution in [1.82, 2.24) is 5.32 Å². The number of amides is 1. The van der Waals surface area contributed by atoms with Crippen molar-refractivity contribution in [1.29, 1.82) is 0 Å². The van der Waals surface area contributed by atoms with Crippen LogP contribution in [0.2, 0.25) is 0 Å². The summed E-state index contributed by atoms with van der Waals surface area (Å²) in [6, 6.07) is 6.38. The molecule has 0 unspecified atom stereocenters. The van der Waals surface area contributed by atoms with Crippen LogP contribution in [-0.2, 0) is 4.79 Å². The smallest absolute Gasteiger partial charge is 0.225 e. The maximum Gasteiger partial charge on any atom is 0.225 e. The summed E-state index contributed by atoms with van der Waals surface area (Å²) in [6.45, 7) is 2.78. The quantitative estimate of drug-likeness (QED) is 0.805. The van der Waals surface area contributed by atoms with Gasteiger partial charge in [-0.2, -0.15) is 0 Å². The first-order chi connectivity index (χ1) is 10.2. The zero-order chi connectivity index (χ0) is 15.1. The van der Waals surface area contributed by atoms with Crippen LogP contribution in [0.1, 0.15) is 44.1 Å². The van der Waals surface area contributed by atoms with Crippen LogP contribution in [0.15, 0.2) is 23.1 Å². The number of anilines is 1. The Bertz CT molecular complexity index is 476. The van der Waals surface area contributed by atoms with Crippen LogP contribution < -0.4 is 10.6 Å². The van der Waals surface area contributed by atoms with Gasteiger partial charge in [-0.1, -0.05) is 19.3 Å². The second kappa shape index (κ2) is 10.1. The maximum absolute atomic E-state index is 11.8. The lowest BCUT2D eigenvalue weighted by molar-refractivity contribution is -0.116. The first kappa shape index (κ1) is 19.3. The van der Waals surface area contributed by atoms with E-state index in [0.717, 1.165) is 16.5 Å². The molecule has 1 aliphatic carbocycles. The van der Waals surface area contributed by atoms with Crippen LogP contribution in [0.3, 0.4) is 0 Å². The minimum absolute atomic E-state index is 0. The average molecular weight is 343 g/mol. The van der Waals surface area contributed by atoms with E-state index in [1.165, 1.54) is 37.0 Å². The van der Waals surface area contributed by atoms with Gasteiger partial charge in [-0.05, 0) is 50.6 Å². The summed E-state index contributed by atoms with van der Waals surface area (Å²) >= 11 is 2.00. The first-order valence-electron chi connectivity index (χ1n) is 7.91. The summed E-state index contributed by atoms with van der Waals surface area (Å²) in [5, 5.41) is 6.75. The molecule has 1 aliphatic rings. The third kappa shape index (κ3) is 6.19. The molecule has 0 aliphatic heterocycles. The molecule has 0 spiro atoms. The summed E-state index contributed by atoms with van der Waals surface area (Å²) in [5.74, 6) is 0.0696. The second-order valence-corrected chi connectivity index (χ2v) is 7.13. The fraction of sp³-hybridized carbons (Fsp3) is 0.588. The Kier molecular flexibility index (Phi) is 8.91. The first-order valence-corrected chi connectivity index (χ1v) is 8.79. The van der Waals surface area contributed by atoms with E-state index in [4.69, 9.17) is 0 Å². The number of benzene rings is 1. The average Bonchev–Trinajstić information content (AvgIpc) is 2.49. The number of aryl methyl sites for hydroxylation is 1. The predicted molar refractivity (Wildman–Crippen MR) is 98.3 cm³/mol. The summed E-state index contributed by atoms with van der Waals surface area (Å²) < 4.78 is 0. The molecule has 2 rings (SSSR count). The van der Waals surface area contributed by atoms with Gasteiger partial charge in [0, 0.05) is 28.8 Å². The SMILES string of the molecule is CNCCC(=O)Nc1ccc(SC2CCCCC2)cc1C.Cl. The van der Waals surface area contributed by atoms with Gasteiger partial charge < -0.3 is 10.6 Å². The third-order valence-corrected chi connectivity index (χ3v) is 5.26. The topological polar surface area (TPSA) is 41.1 Å². The summed E-state index contributed by atoms with van der Waals surface area (Å²) in [4.78, 5) is 13.1. The Morgan fingerprint density at radius 2 is 2.00 bits per heavy atom. The molecule has 0 aromatic heterocycles. The molecule has 0 radical (unpaired) electrons. The normalized spacial score (nSPS) is 15.2. The van der Waals surface area contributed by atoms with Crippen molar-refractivity contribution >= 4 is 35.8 Å². The van der Waals surface area contributed by atoms with Crippen molar-refractivity contribution in [2.24, 2.45) is 0 Å². The highest BCUT2D eigenvalue weighted by atomic mass is 35.5. The van der Waals surface area contributed by atoms with Crippen molar-refractivity contribution in [3.05, 3.63) is 23.8 Å². The van der Waals surface area contributed by atoms with Crippen molar-refractivity contribution in [2.45, 2.75) is 55.6 Å².